The summed E-state index contributed by atoms with van der Waals surface area (Å²) in [7, 11) is 0. The first kappa shape index (κ1) is 19.1. The van der Waals surface area contributed by atoms with Gasteiger partial charge in [-0.25, -0.2) is 9.97 Å². The molecule has 27 heavy (non-hydrogen) atoms. The number of aryl methyl sites for hydroxylation is 1. The Morgan fingerprint density at radius 2 is 1.81 bits per heavy atom. The van der Waals surface area contributed by atoms with E-state index in [-0.39, 0.29) is 29.6 Å². The third-order valence-electron chi connectivity index (χ3n) is 4.37. The molecule has 0 aromatic carbocycles. The Bertz CT molecular complexity index is 771. The molecule has 0 radical (unpaired) electrons. The van der Waals surface area contributed by atoms with Crippen LogP contribution in [0.4, 0.5) is 13.2 Å². The molecule has 0 saturated heterocycles. The van der Waals surface area contributed by atoms with Gasteiger partial charge in [-0.15, -0.1) is 0 Å². The summed E-state index contributed by atoms with van der Waals surface area (Å²) < 4.78 is 43.3. The topological polar surface area (TPSA) is 77.0 Å². The minimum absolute atomic E-state index is 0.000942. The maximum absolute atomic E-state index is 12.5. The average Bonchev–Trinajstić information content (AvgIpc) is 2.63. The smallest absolute Gasteiger partial charge is 0.417 e. The second-order valence-corrected chi connectivity index (χ2v) is 6.49. The molecule has 0 spiro atoms. The van der Waals surface area contributed by atoms with Crippen molar-refractivity contribution in [2.75, 3.05) is 0 Å². The van der Waals surface area contributed by atoms with Crippen molar-refractivity contribution >= 4 is 5.91 Å². The fraction of sp³-hybridized carbons (Fsp3) is 0.444. The summed E-state index contributed by atoms with van der Waals surface area (Å²) in [5, 5.41) is 2.93. The van der Waals surface area contributed by atoms with Crippen LogP contribution >= 0.6 is 0 Å². The van der Waals surface area contributed by atoms with Crippen molar-refractivity contribution in [2.24, 2.45) is 0 Å². The van der Waals surface area contributed by atoms with E-state index in [1.165, 1.54) is 18.5 Å². The van der Waals surface area contributed by atoms with Crippen molar-refractivity contribution in [3.63, 3.8) is 0 Å². The summed E-state index contributed by atoms with van der Waals surface area (Å²) in [6.45, 7) is 1.79. The Kier molecular flexibility index (Phi) is 5.57. The number of pyridine rings is 1. The van der Waals surface area contributed by atoms with Gasteiger partial charge in [-0.05, 0) is 38.7 Å². The second-order valence-electron chi connectivity index (χ2n) is 6.49. The molecule has 9 heteroatoms. The predicted octanol–water partition coefficient (Wildman–Crippen LogP) is 3.32. The van der Waals surface area contributed by atoms with E-state index in [2.05, 4.69) is 20.3 Å². The second kappa shape index (κ2) is 7.89. The van der Waals surface area contributed by atoms with E-state index < -0.39 is 11.7 Å². The van der Waals surface area contributed by atoms with Crippen LogP contribution in [0.2, 0.25) is 0 Å². The van der Waals surface area contributed by atoms with E-state index in [4.69, 9.17) is 4.74 Å². The minimum atomic E-state index is -4.41. The molecule has 0 unspecified atom stereocenters. The molecule has 1 fully saturated rings. The van der Waals surface area contributed by atoms with Crippen LogP contribution in [-0.2, 0) is 6.18 Å². The molecule has 1 amide bonds. The number of hydrogen-bond acceptors (Lipinski definition) is 5. The summed E-state index contributed by atoms with van der Waals surface area (Å²) in [6.07, 6.45) is 1.95. The Balaban J connectivity index is 1.47. The number of amides is 1. The lowest BCUT2D eigenvalue weighted by atomic mass is 9.93. The molecule has 1 aliphatic carbocycles. The molecular weight excluding hydrogens is 361 g/mol. The van der Waals surface area contributed by atoms with Gasteiger partial charge in [0.05, 0.1) is 17.5 Å². The van der Waals surface area contributed by atoms with Gasteiger partial charge in [-0.2, -0.15) is 13.2 Å². The molecule has 0 atom stereocenters. The number of rotatable bonds is 4. The molecule has 144 valence electrons. The largest absolute Gasteiger partial charge is 0.474 e. The molecule has 2 heterocycles. The van der Waals surface area contributed by atoms with Gasteiger partial charge in [-0.1, -0.05) is 0 Å². The summed E-state index contributed by atoms with van der Waals surface area (Å²) in [4.78, 5) is 24.0. The highest BCUT2D eigenvalue weighted by Crippen LogP contribution is 2.30. The molecule has 0 bridgehead atoms. The molecule has 3 rings (SSSR count). The van der Waals surface area contributed by atoms with Crippen LogP contribution in [0.15, 0.2) is 30.7 Å². The maximum atomic E-state index is 12.5. The quantitative estimate of drug-likeness (QED) is 0.881. The lowest BCUT2D eigenvalue weighted by Crippen LogP contribution is -2.40. The van der Waals surface area contributed by atoms with E-state index in [0.29, 0.717) is 25.7 Å². The Morgan fingerprint density at radius 3 is 2.37 bits per heavy atom. The monoisotopic (exact) mass is 380 g/mol. The Morgan fingerprint density at radius 1 is 1.07 bits per heavy atom. The summed E-state index contributed by atoms with van der Waals surface area (Å²) in [5.41, 5.74) is 0.203. The number of aromatic nitrogens is 3. The number of hydrogen-bond donors (Lipinski definition) is 1. The first-order valence-electron chi connectivity index (χ1n) is 8.60. The molecule has 2 aromatic rings. The fourth-order valence-electron chi connectivity index (χ4n) is 2.88. The van der Waals surface area contributed by atoms with Crippen molar-refractivity contribution in [2.45, 2.75) is 50.9 Å². The van der Waals surface area contributed by atoms with E-state index in [9.17, 15) is 18.0 Å². The number of nitrogens with zero attached hydrogens (tertiary/aromatic N) is 3. The number of nitrogens with one attached hydrogen (secondary N) is 1. The van der Waals surface area contributed by atoms with Crippen molar-refractivity contribution in [1.82, 2.24) is 20.3 Å². The lowest BCUT2D eigenvalue weighted by molar-refractivity contribution is -0.137. The highest BCUT2D eigenvalue weighted by atomic mass is 19.4. The first-order valence-corrected chi connectivity index (χ1v) is 8.60. The zero-order valence-corrected chi connectivity index (χ0v) is 14.7. The summed E-state index contributed by atoms with van der Waals surface area (Å²) in [5.74, 6) is -0.0957. The van der Waals surface area contributed by atoms with E-state index in [1.807, 2.05) is 0 Å². The number of alkyl halides is 3. The SMILES string of the molecule is Cc1cnc(C(=O)NC2CCC(Oc3ccc(C(F)(F)F)cn3)CC2)cn1. The van der Waals surface area contributed by atoms with Crippen molar-refractivity contribution in [1.29, 1.82) is 0 Å². The molecule has 1 saturated carbocycles. The van der Waals surface area contributed by atoms with Gasteiger partial charge in [0, 0.05) is 24.5 Å². The van der Waals surface area contributed by atoms with E-state index >= 15 is 0 Å². The first-order chi connectivity index (χ1) is 12.8. The van der Waals surface area contributed by atoms with Crippen LogP contribution in [0.25, 0.3) is 0 Å². The third-order valence-corrected chi connectivity index (χ3v) is 4.37. The van der Waals surface area contributed by atoms with Crippen LogP contribution in [0.5, 0.6) is 5.88 Å². The molecule has 1 N–H and O–H groups in total. The van der Waals surface area contributed by atoms with Crippen LogP contribution in [-0.4, -0.2) is 33.0 Å². The minimum Gasteiger partial charge on any atom is -0.474 e. The maximum Gasteiger partial charge on any atom is 0.417 e. The third kappa shape index (κ3) is 5.15. The van der Waals surface area contributed by atoms with Gasteiger partial charge in [0.2, 0.25) is 5.88 Å². The predicted molar refractivity (Wildman–Crippen MR) is 90.1 cm³/mol. The molecule has 6 nitrogen and oxygen atoms in total. The summed E-state index contributed by atoms with van der Waals surface area (Å²) in [6, 6.07) is 2.19. The Hall–Kier alpha value is -2.71. The standard InChI is InChI=1S/C18H19F3N4O2/c1-11-8-23-15(10-22-11)17(26)25-13-3-5-14(6-4-13)27-16-7-2-12(9-24-16)18(19,20)21/h2,7-10,13-14H,3-6H2,1H3,(H,25,26). The van der Waals surface area contributed by atoms with Crippen molar-refractivity contribution in [3.8, 4) is 5.88 Å². The number of carbonyl (C=O) groups excluding carboxylic acids is 1. The molecular formula is C18H19F3N4O2. The molecule has 1 aliphatic rings. The van der Waals surface area contributed by atoms with Gasteiger partial charge < -0.3 is 10.1 Å². The highest BCUT2D eigenvalue weighted by molar-refractivity contribution is 5.92. The zero-order chi connectivity index (χ0) is 19.4. The number of ether oxygens (including phenoxy) is 1. The Labute approximate surface area is 154 Å². The van der Waals surface area contributed by atoms with Crippen LogP contribution in [0.1, 0.15) is 47.4 Å². The van der Waals surface area contributed by atoms with Gasteiger partial charge in [0.1, 0.15) is 11.8 Å². The number of carbonyl (C=O) groups is 1. The van der Waals surface area contributed by atoms with Crippen LogP contribution < -0.4 is 10.1 Å². The van der Waals surface area contributed by atoms with Gasteiger partial charge in [0.15, 0.2) is 0 Å². The van der Waals surface area contributed by atoms with Crippen molar-refractivity contribution in [3.05, 3.63) is 47.7 Å². The zero-order valence-electron chi connectivity index (χ0n) is 14.7. The lowest BCUT2D eigenvalue weighted by Gasteiger charge is -2.29. The molecule has 2 aromatic heterocycles. The normalized spacial score (nSPS) is 20.1. The fourth-order valence-corrected chi connectivity index (χ4v) is 2.88. The van der Waals surface area contributed by atoms with Crippen LogP contribution in [0, 0.1) is 6.92 Å². The van der Waals surface area contributed by atoms with Gasteiger partial charge >= 0.3 is 6.18 Å². The summed E-state index contributed by atoms with van der Waals surface area (Å²) >= 11 is 0. The van der Waals surface area contributed by atoms with E-state index in [1.54, 1.807) is 6.92 Å². The van der Waals surface area contributed by atoms with Crippen molar-refractivity contribution < 1.29 is 22.7 Å². The highest BCUT2D eigenvalue weighted by Gasteiger charge is 2.31. The van der Waals surface area contributed by atoms with Gasteiger partial charge in [0.25, 0.3) is 5.91 Å². The average molecular weight is 380 g/mol. The number of halogens is 3. The van der Waals surface area contributed by atoms with Gasteiger partial charge in [-0.3, -0.25) is 9.78 Å². The molecule has 0 aliphatic heterocycles. The van der Waals surface area contributed by atoms with E-state index in [0.717, 1.165) is 18.0 Å². The van der Waals surface area contributed by atoms with Crippen LogP contribution in [0.3, 0.4) is 0 Å².